The summed E-state index contributed by atoms with van der Waals surface area (Å²) >= 11 is 1.64. The molecule has 3 rings (SSSR count). The molecule has 1 aliphatic heterocycles. The van der Waals surface area contributed by atoms with Crippen molar-refractivity contribution in [1.29, 1.82) is 0 Å². The number of nitrogens with one attached hydrogen (secondary N) is 1. The number of benzene rings is 2. The van der Waals surface area contributed by atoms with Gasteiger partial charge >= 0.3 is 0 Å². The summed E-state index contributed by atoms with van der Waals surface area (Å²) in [4.78, 5) is 14.8. The van der Waals surface area contributed by atoms with E-state index in [-0.39, 0.29) is 28.3 Å². The third-order valence-corrected chi connectivity index (χ3v) is 4.32. The number of rotatable bonds is 3. The van der Waals surface area contributed by atoms with Crippen molar-refractivity contribution in [2.24, 2.45) is 4.99 Å². The van der Waals surface area contributed by atoms with E-state index in [1.807, 2.05) is 30.3 Å². The van der Waals surface area contributed by atoms with Gasteiger partial charge < -0.3 is 5.32 Å². The van der Waals surface area contributed by atoms with Crippen molar-refractivity contribution in [3.8, 4) is 0 Å². The summed E-state index contributed by atoms with van der Waals surface area (Å²) in [5.41, 5.74) is 2.18. The smallest absolute Gasteiger partial charge is 0.269 e. The largest absolute Gasteiger partial charge is 0.335 e. The number of halogens is 1. The minimum atomic E-state index is -0.384. The number of thioether (sulfide) groups is 1. The molecule has 1 heterocycles. The molecule has 0 aliphatic carbocycles. The molecule has 1 aliphatic rings. The van der Waals surface area contributed by atoms with Crippen molar-refractivity contribution in [2.45, 2.75) is 5.25 Å². The number of hydrogen-bond acceptors (Lipinski definition) is 5. The molecule has 0 radical (unpaired) electrons. The Kier molecular flexibility index (Phi) is 5.41. The molecule has 5 nitrogen and oxygen atoms in total. The number of nitro benzene ring substituents is 1. The van der Waals surface area contributed by atoms with Crippen molar-refractivity contribution in [1.82, 2.24) is 0 Å². The van der Waals surface area contributed by atoms with E-state index in [0.717, 1.165) is 16.4 Å². The van der Waals surface area contributed by atoms with Crippen LogP contribution in [0.1, 0.15) is 10.8 Å². The maximum Gasteiger partial charge on any atom is 0.269 e. The highest BCUT2D eigenvalue weighted by Crippen LogP contribution is 2.36. The van der Waals surface area contributed by atoms with Crippen LogP contribution in [0.15, 0.2) is 59.6 Å². The second-order valence-corrected chi connectivity index (χ2v) is 5.78. The fourth-order valence-corrected chi connectivity index (χ4v) is 3.11. The van der Waals surface area contributed by atoms with Crippen molar-refractivity contribution in [3.63, 3.8) is 0 Å². The number of hydrogen-bond donors (Lipinski definition) is 1. The fraction of sp³-hybridized carbons (Fsp3) is 0.133. The first-order valence-corrected chi connectivity index (χ1v) is 7.38. The van der Waals surface area contributed by atoms with Gasteiger partial charge in [0.05, 0.1) is 16.7 Å². The number of nitrogens with zero attached hydrogens (tertiary/aromatic N) is 2. The van der Waals surface area contributed by atoms with Gasteiger partial charge in [0.2, 0.25) is 0 Å². The molecule has 114 valence electrons. The Morgan fingerprint density at radius 3 is 2.45 bits per heavy atom. The average molecular weight is 336 g/mol. The number of anilines is 1. The Bertz CT molecular complexity index is 677. The van der Waals surface area contributed by atoms with Gasteiger partial charge in [-0.05, 0) is 17.7 Å². The first-order valence-electron chi connectivity index (χ1n) is 6.50. The lowest BCUT2D eigenvalue weighted by molar-refractivity contribution is -0.384. The molecule has 0 fully saturated rings. The van der Waals surface area contributed by atoms with Crippen molar-refractivity contribution in [2.75, 3.05) is 11.9 Å². The molecule has 22 heavy (non-hydrogen) atoms. The van der Waals surface area contributed by atoms with E-state index < -0.39 is 0 Å². The molecule has 0 spiro atoms. The molecule has 1 unspecified atom stereocenters. The van der Waals surface area contributed by atoms with E-state index in [4.69, 9.17) is 0 Å². The molecule has 0 saturated carbocycles. The van der Waals surface area contributed by atoms with E-state index in [1.54, 1.807) is 36.0 Å². The third kappa shape index (κ3) is 3.78. The van der Waals surface area contributed by atoms with Gasteiger partial charge in [-0.15, -0.1) is 12.4 Å². The summed E-state index contributed by atoms with van der Waals surface area (Å²) in [5.74, 6) is 0. The maximum absolute atomic E-state index is 10.7. The summed E-state index contributed by atoms with van der Waals surface area (Å²) in [6, 6.07) is 16.6. The third-order valence-electron chi connectivity index (χ3n) is 3.16. The molecular formula is C15H14ClN3O2S. The van der Waals surface area contributed by atoms with Crippen LogP contribution in [0, 0.1) is 10.1 Å². The second-order valence-electron chi connectivity index (χ2n) is 4.59. The lowest BCUT2D eigenvalue weighted by atomic mass is 10.1. The molecule has 2 aromatic carbocycles. The monoisotopic (exact) mass is 335 g/mol. The predicted molar refractivity (Wildman–Crippen MR) is 93.0 cm³/mol. The Hall–Kier alpha value is -2.05. The van der Waals surface area contributed by atoms with E-state index in [1.165, 1.54) is 0 Å². The summed E-state index contributed by atoms with van der Waals surface area (Å²) < 4.78 is 0. The van der Waals surface area contributed by atoms with Gasteiger partial charge in [0, 0.05) is 17.8 Å². The van der Waals surface area contributed by atoms with Crippen LogP contribution >= 0.6 is 24.2 Å². The van der Waals surface area contributed by atoms with Gasteiger partial charge in [0.25, 0.3) is 5.69 Å². The number of para-hydroxylation sites is 1. The van der Waals surface area contributed by atoms with Crippen LogP contribution in [0.5, 0.6) is 0 Å². The fourth-order valence-electron chi connectivity index (χ4n) is 2.07. The Morgan fingerprint density at radius 1 is 1.14 bits per heavy atom. The second kappa shape index (κ2) is 7.29. The predicted octanol–water partition coefficient (Wildman–Crippen LogP) is 4.27. The number of non-ortho nitro benzene ring substituents is 1. The first kappa shape index (κ1) is 16.3. The quantitative estimate of drug-likeness (QED) is 0.671. The molecule has 0 bridgehead atoms. The molecule has 1 N–H and O–H groups in total. The van der Waals surface area contributed by atoms with Crippen LogP contribution in [0.2, 0.25) is 0 Å². The summed E-state index contributed by atoms with van der Waals surface area (Å²) in [7, 11) is 0. The van der Waals surface area contributed by atoms with Crippen LogP contribution in [-0.2, 0) is 0 Å². The minimum absolute atomic E-state index is 0. The van der Waals surface area contributed by atoms with Gasteiger partial charge in [0.1, 0.15) is 0 Å². The van der Waals surface area contributed by atoms with E-state index in [0.29, 0.717) is 6.54 Å². The molecule has 0 saturated heterocycles. The molecule has 2 aromatic rings. The van der Waals surface area contributed by atoms with Crippen LogP contribution in [0.25, 0.3) is 0 Å². The summed E-state index contributed by atoms with van der Waals surface area (Å²) in [6.45, 7) is 0.678. The zero-order valence-corrected chi connectivity index (χ0v) is 13.1. The van der Waals surface area contributed by atoms with E-state index >= 15 is 0 Å². The van der Waals surface area contributed by atoms with Gasteiger partial charge in [-0.25, -0.2) is 0 Å². The zero-order valence-electron chi connectivity index (χ0n) is 11.5. The van der Waals surface area contributed by atoms with Crippen molar-refractivity contribution >= 4 is 40.7 Å². The Morgan fingerprint density at radius 2 is 1.82 bits per heavy atom. The van der Waals surface area contributed by atoms with Gasteiger partial charge in [-0.3, -0.25) is 15.1 Å². The van der Waals surface area contributed by atoms with Crippen molar-refractivity contribution in [3.05, 3.63) is 70.3 Å². The topological polar surface area (TPSA) is 67.5 Å². The highest BCUT2D eigenvalue weighted by molar-refractivity contribution is 8.14. The first-order chi connectivity index (χ1) is 10.2. The molecular weight excluding hydrogens is 322 g/mol. The average Bonchev–Trinajstić information content (AvgIpc) is 2.97. The lowest BCUT2D eigenvalue weighted by Gasteiger charge is -2.09. The van der Waals surface area contributed by atoms with E-state index in [9.17, 15) is 10.1 Å². The SMILES string of the molecule is Cl.O=[N+]([O-])c1ccc(C2CN=C(Nc3ccccc3)S2)cc1. The lowest BCUT2D eigenvalue weighted by Crippen LogP contribution is -2.04. The maximum atomic E-state index is 10.7. The molecule has 0 amide bonds. The van der Waals surface area contributed by atoms with Crippen LogP contribution in [0.3, 0.4) is 0 Å². The van der Waals surface area contributed by atoms with Crippen LogP contribution in [0.4, 0.5) is 11.4 Å². The molecule has 1 atom stereocenters. The molecule has 7 heteroatoms. The highest BCUT2D eigenvalue weighted by Gasteiger charge is 2.22. The van der Waals surface area contributed by atoms with Crippen molar-refractivity contribution < 1.29 is 4.92 Å². The van der Waals surface area contributed by atoms with Gasteiger partial charge in [-0.2, -0.15) is 0 Å². The van der Waals surface area contributed by atoms with E-state index in [2.05, 4.69) is 10.3 Å². The Labute approximate surface area is 138 Å². The minimum Gasteiger partial charge on any atom is -0.335 e. The highest BCUT2D eigenvalue weighted by atomic mass is 35.5. The molecule has 0 aromatic heterocycles. The van der Waals surface area contributed by atoms with Crippen LogP contribution < -0.4 is 5.32 Å². The number of amidine groups is 1. The standard InChI is InChI=1S/C15H13N3O2S.ClH/c19-18(20)13-8-6-11(7-9-13)14-10-16-15(21-14)17-12-4-2-1-3-5-12;/h1-9,14H,10H2,(H,16,17);1H. The Balaban J connectivity index is 0.00000176. The normalized spacial score (nSPS) is 16.5. The summed E-state index contributed by atoms with van der Waals surface area (Å²) in [5, 5.41) is 15.0. The number of nitro groups is 1. The van der Waals surface area contributed by atoms with Crippen LogP contribution in [-0.4, -0.2) is 16.6 Å². The van der Waals surface area contributed by atoms with Gasteiger partial charge in [-0.1, -0.05) is 42.1 Å². The number of aliphatic imine (C=N–C) groups is 1. The zero-order chi connectivity index (χ0) is 14.7. The van der Waals surface area contributed by atoms with Gasteiger partial charge in [0.15, 0.2) is 5.17 Å². The summed E-state index contributed by atoms with van der Waals surface area (Å²) in [6.07, 6.45) is 0.